The van der Waals surface area contributed by atoms with Gasteiger partial charge in [-0.15, -0.1) is 0 Å². The molecule has 0 aliphatic heterocycles. The van der Waals surface area contributed by atoms with Crippen molar-refractivity contribution in [2.24, 2.45) is 5.41 Å². The van der Waals surface area contributed by atoms with Gasteiger partial charge in [0.15, 0.2) is 11.5 Å². The molecule has 1 heterocycles. The first kappa shape index (κ1) is 27.7. The van der Waals surface area contributed by atoms with Crippen LogP contribution in [0.5, 0.6) is 11.5 Å². The molecule has 3 aromatic rings. The van der Waals surface area contributed by atoms with Crippen molar-refractivity contribution in [1.82, 2.24) is 14.9 Å². The van der Waals surface area contributed by atoms with Crippen LogP contribution in [0.1, 0.15) is 49.2 Å². The number of fused-ring (bicyclic) bond motifs is 1. The summed E-state index contributed by atoms with van der Waals surface area (Å²) >= 11 is 0. The maximum atomic E-state index is 14.9. The minimum atomic E-state index is -4.88. The first-order valence-corrected chi connectivity index (χ1v) is 12.4. The SMILES string of the molecule is COc1cc2nc(C)nc(N[C@H](C)c3cc(N)cc(C(F)(F)F)c3F)c2cc1OCC1(CN(C)C)CCC1. The first-order valence-electron chi connectivity index (χ1n) is 12.4. The van der Waals surface area contributed by atoms with E-state index < -0.39 is 23.6 Å². The van der Waals surface area contributed by atoms with Crippen molar-refractivity contribution in [3.63, 3.8) is 0 Å². The largest absolute Gasteiger partial charge is 0.493 e. The lowest BCUT2D eigenvalue weighted by Crippen LogP contribution is -2.44. The predicted octanol–water partition coefficient (Wildman–Crippen LogP) is 5.97. The Morgan fingerprint density at radius 1 is 1.13 bits per heavy atom. The van der Waals surface area contributed by atoms with Gasteiger partial charge in [-0.3, -0.25) is 0 Å². The smallest absolute Gasteiger partial charge is 0.419 e. The quantitative estimate of drug-likeness (QED) is 0.258. The molecule has 0 radical (unpaired) electrons. The molecule has 1 atom stereocenters. The standard InChI is InChI=1S/C27H33F4N5O2/c1-15(18-9-17(32)10-20(24(18)28)27(29,30)31)33-25-19-11-23(22(37-5)12-21(19)34-16(2)35-25)38-14-26(7-6-8-26)13-36(3)4/h9-12,15H,6-8,13-14,32H2,1-5H3,(H,33,34,35)/t15-/m1/s1. The number of nitrogens with two attached hydrogens (primary N) is 1. The van der Waals surface area contributed by atoms with E-state index in [0.717, 1.165) is 25.8 Å². The zero-order chi connectivity index (χ0) is 27.8. The minimum Gasteiger partial charge on any atom is -0.493 e. The second kappa shape index (κ2) is 10.4. The molecule has 0 bridgehead atoms. The third-order valence-corrected chi connectivity index (χ3v) is 6.94. The lowest BCUT2D eigenvalue weighted by molar-refractivity contribution is -0.140. The number of nitrogens with zero attached hydrogens (tertiary/aromatic N) is 3. The highest BCUT2D eigenvalue weighted by Crippen LogP contribution is 2.43. The van der Waals surface area contributed by atoms with E-state index in [2.05, 4.69) is 20.2 Å². The summed E-state index contributed by atoms with van der Waals surface area (Å²) in [5.74, 6) is 0.383. The van der Waals surface area contributed by atoms with Crippen molar-refractivity contribution in [3.8, 4) is 11.5 Å². The molecule has 0 spiro atoms. The Morgan fingerprint density at radius 2 is 1.84 bits per heavy atom. The normalized spacial score (nSPS) is 15.8. The number of rotatable bonds is 9. The van der Waals surface area contributed by atoms with E-state index in [9.17, 15) is 17.6 Å². The molecule has 1 aromatic heterocycles. The van der Waals surface area contributed by atoms with Crippen LogP contribution < -0.4 is 20.5 Å². The van der Waals surface area contributed by atoms with Crippen LogP contribution in [0.2, 0.25) is 0 Å². The topological polar surface area (TPSA) is 85.5 Å². The zero-order valence-electron chi connectivity index (χ0n) is 22.2. The third-order valence-electron chi connectivity index (χ3n) is 6.94. The second-order valence-corrected chi connectivity index (χ2v) is 10.4. The Labute approximate surface area is 219 Å². The van der Waals surface area contributed by atoms with Gasteiger partial charge in [0.2, 0.25) is 0 Å². The van der Waals surface area contributed by atoms with E-state index in [1.807, 2.05) is 14.1 Å². The molecule has 3 N–H and O–H groups in total. The van der Waals surface area contributed by atoms with Crippen LogP contribution in [0.4, 0.5) is 29.1 Å². The van der Waals surface area contributed by atoms with E-state index in [4.69, 9.17) is 15.2 Å². The summed E-state index contributed by atoms with van der Waals surface area (Å²) in [6.45, 7) is 4.65. The highest BCUT2D eigenvalue weighted by Gasteiger charge is 2.39. The fourth-order valence-electron chi connectivity index (χ4n) is 5.04. The third kappa shape index (κ3) is 5.72. The number of aryl methyl sites for hydroxylation is 1. The molecular formula is C27H33F4N5O2. The van der Waals surface area contributed by atoms with E-state index in [0.29, 0.717) is 46.7 Å². The maximum Gasteiger partial charge on any atom is 0.419 e. The number of aromatic nitrogens is 2. The van der Waals surface area contributed by atoms with Gasteiger partial charge in [-0.05, 0) is 59.0 Å². The Bertz CT molecular complexity index is 1330. The summed E-state index contributed by atoms with van der Waals surface area (Å²) in [6.07, 6.45) is -1.58. The molecule has 0 amide bonds. The summed E-state index contributed by atoms with van der Waals surface area (Å²) in [6, 6.07) is 4.39. The second-order valence-electron chi connectivity index (χ2n) is 10.4. The van der Waals surface area contributed by atoms with Gasteiger partial charge in [-0.25, -0.2) is 14.4 Å². The van der Waals surface area contributed by atoms with Crippen molar-refractivity contribution in [1.29, 1.82) is 0 Å². The predicted molar refractivity (Wildman–Crippen MR) is 139 cm³/mol. The van der Waals surface area contributed by atoms with Crippen molar-refractivity contribution in [3.05, 3.63) is 47.0 Å². The Balaban J connectivity index is 1.70. The fourth-order valence-corrected chi connectivity index (χ4v) is 5.04. The Kier molecular flexibility index (Phi) is 7.60. The van der Waals surface area contributed by atoms with Crippen LogP contribution in [-0.4, -0.2) is 49.2 Å². The van der Waals surface area contributed by atoms with E-state index in [-0.39, 0.29) is 16.7 Å². The number of ether oxygens (including phenoxy) is 2. The number of methoxy groups -OCH3 is 1. The van der Waals surface area contributed by atoms with Gasteiger partial charge in [0.05, 0.1) is 30.8 Å². The van der Waals surface area contributed by atoms with Crippen LogP contribution in [-0.2, 0) is 6.18 Å². The molecule has 1 aliphatic rings. The lowest BCUT2D eigenvalue weighted by atomic mass is 9.69. The van der Waals surface area contributed by atoms with Crippen LogP contribution in [0.3, 0.4) is 0 Å². The van der Waals surface area contributed by atoms with E-state index >= 15 is 0 Å². The summed E-state index contributed by atoms with van der Waals surface area (Å²) in [5, 5.41) is 3.62. The molecule has 1 fully saturated rings. The van der Waals surface area contributed by atoms with Gasteiger partial charge in [0.25, 0.3) is 0 Å². The minimum absolute atomic E-state index is 0.0593. The van der Waals surface area contributed by atoms with E-state index in [1.54, 1.807) is 33.1 Å². The molecule has 4 rings (SSSR count). The van der Waals surface area contributed by atoms with Crippen LogP contribution in [0, 0.1) is 18.2 Å². The van der Waals surface area contributed by atoms with Gasteiger partial charge in [-0.2, -0.15) is 13.2 Å². The van der Waals surface area contributed by atoms with Gasteiger partial charge >= 0.3 is 6.18 Å². The van der Waals surface area contributed by atoms with Gasteiger partial charge in [0, 0.05) is 34.7 Å². The number of alkyl halides is 3. The highest BCUT2D eigenvalue weighted by atomic mass is 19.4. The number of hydrogen-bond acceptors (Lipinski definition) is 7. The molecule has 1 aliphatic carbocycles. The number of nitrogen functional groups attached to an aromatic ring is 1. The first-order chi connectivity index (χ1) is 17.8. The average Bonchev–Trinajstić information content (AvgIpc) is 2.80. The maximum absolute atomic E-state index is 14.9. The summed E-state index contributed by atoms with van der Waals surface area (Å²) in [7, 11) is 5.62. The Morgan fingerprint density at radius 3 is 2.42 bits per heavy atom. The summed E-state index contributed by atoms with van der Waals surface area (Å²) in [4.78, 5) is 11.1. The van der Waals surface area contributed by atoms with Crippen molar-refractivity contribution >= 4 is 22.4 Å². The molecular weight excluding hydrogens is 502 g/mol. The van der Waals surface area contributed by atoms with Gasteiger partial charge < -0.3 is 25.4 Å². The molecule has 38 heavy (non-hydrogen) atoms. The zero-order valence-corrected chi connectivity index (χ0v) is 22.2. The summed E-state index contributed by atoms with van der Waals surface area (Å²) in [5.41, 5.74) is 4.48. The van der Waals surface area contributed by atoms with Crippen molar-refractivity contribution < 1.29 is 27.0 Å². The van der Waals surface area contributed by atoms with Crippen LogP contribution in [0.15, 0.2) is 24.3 Å². The molecule has 2 aromatic carbocycles. The Hall–Kier alpha value is -3.34. The van der Waals surface area contributed by atoms with Crippen molar-refractivity contribution in [2.45, 2.75) is 45.3 Å². The fraction of sp³-hybridized carbons (Fsp3) is 0.481. The number of nitrogens with one attached hydrogen (secondary N) is 1. The van der Waals surface area contributed by atoms with Gasteiger partial charge in [0.1, 0.15) is 17.5 Å². The van der Waals surface area contributed by atoms with Crippen molar-refractivity contribution in [2.75, 3.05) is 45.4 Å². The molecule has 206 valence electrons. The average molecular weight is 536 g/mol. The highest BCUT2D eigenvalue weighted by molar-refractivity contribution is 5.92. The summed E-state index contributed by atoms with van der Waals surface area (Å²) < 4.78 is 66.9. The molecule has 0 saturated heterocycles. The lowest BCUT2D eigenvalue weighted by Gasteiger charge is -2.43. The number of benzene rings is 2. The molecule has 1 saturated carbocycles. The van der Waals surface area contributed by atoms with Crippen LogP contribution in [0.25, 0.3) is 10.9 Å². The molecule has 0 unspecified atom stereocenters. The number of anilines is 2. The monoisotopic (exact) mass is 535 g/mol. The number of hydrogen-bond donors (Lipinski definition) is 2. The molecule has 11 heteroatoms. The number of halogens is 4. The van der Waals surface area contributed by atoms with Crippen LogP contribution >= 0.6 is 0 Å². The van der Waals surface area contributed by atoms with Gasteiger partial charge in [-0.1, -0.05) is 6.42 Å². The molecule has 7 nitrogen and oxygen atoms in total. The van der Waals surface area contributed by atoms with E-state index in [1.165, 1.54) is 6.07 Å².